The average molecular weight is 577 g/mol. The summed E-state index contributed by atoms with van der Waals surface area (Å²) in [7, 11) is 0. The molecule has 6 rings (SSSR count). The number of nitrogens with one attached hydrogen (secondary N) is 2. The number of benzene rings is 1. The molecule has 224 valence electrons. The molecule has 1 saturated heterocycles. The maximum Gasteiger partial charge on any atom is 0.251 e. The Labute approximate surface area is 246 Å². The number of nitrogens with zero attached hydrogens (tertiary/aromatic N) is 4. The smallest absolute Gasteiger partial charge is 0.251 e. The van der Waals surface area contributed by atoms with Crippen molar-refractivity contribution in [1.29, 1.82) is 0 Å². The van der Waals surface area contributed by atoms with Crippen molar-refractivity contribution in [3.05, 3.63) is 64.9 Å². The van der Waals surface area contributed by atoms with Gasteiger partial charge in [0.15, 0.2) is 12.2 Å². The third-order valence-electron chi connectivity index (χ3n) is 8.32. The van der Waals surface area contributed by atoms with E-state index in [0.29, 0.717) is 38.0 Å². The van der Waals surface area contributed by atoms with Crippen LogP contribution in [0.1, 0.15) is 52.2 Å². The number of aliphatic hydroxyl groups excluding tert-OH is 1. The van der Waals surface area contributed by atoms with E-state index in [-0.39, 0.29) is 12.5 Å². The van der Waals surface area contributed by atoms with E-state index in [1.807, 2.05) is 25.1 Å². The quantitative estimate of drug-likeness (QED) is 0.314. The minimum Gasteiger partial charge on any atom is -0.486 e. The van der Waals surface area contributed by atoms with E-state index < -0.39 is 6.10 Å². The predicted molar refractivity (Wildman–Crippen MR) is 158 cm³/mol. The van der Waals surface area contributed by atoms with E-state index in [1.165, 1.54) is 23.9 Å². The number of fused-ring (bicyclic) bond motifs is 1. The van der Waals surface area contributed by atoms with Crippen LogP contribution in [-0.4, -0.2) is 84.0 Å². The Balaban J connectivity index is 1.01. The number of oxazole rings is 1. The second-order valence-corrected chi connectivity index (χ2v) is 11.4. The van der Waals surface area contributed by atoms with Crippen LogP contribution in [-0.2, 0) is 24.3 Å². The minimum atomic E-state index is -0.684. The van der Waals surface area contributed by atoms with Gasteiger partial charge < -0.3 is 34.5 Å². The Kier molecular flexibility index (Phi) is 8.87. The first-order valence-corrected chi connectivity index (χ1v) is 14.9. The Bertz CT molecular complexity index is 1370. The van der Waals surface area contributed by atoms with Crippen LogP contribution in [0.15, 0.2) is 41.1 Å². The fourth-order valence-electron chi connectivity index (χ4n) is 5.56. The molecule has 2 fully saturated rings. The highest BCUT2D eigenvalue weighted by atomic mass is 16.5. The minimum absolute atomic E-state index is 0.177. The monoisotopic (exact) mass is 576 g/mol. The van der Waals surface area contributed by atoms with Gasteiger partial charge in [-0.05, 0) is 68.0 Å². The standard InChI is InChI=1S/C31H40N6O5/c1-21-28(42-20-33-21)19-41-27-6-5-23-17-36(8-7-22(23)13-27)18-26(38)16-32-31(39)24-14-29(34-25-3-2-4-25)35-30(15-24)37-9-11-40-12-10-37/h5-6,13-15,20,25-26,38H,2-4,7-12,16-19H2,1H3,(H,32,39)(H,34,35)/t26-/m0/s1. The first-order chi connectivity index (χ1) is 20.5. The second kappa shape index (κ2) is 13.1. The van der Waals surface area contributed by atoms with Gasteiger partial charge in [0.05, 0.1) is 25.0 Å². The lowest BCUT2D eigenvalue weighted by molar-refractivity contribution is 0.0841. The number of aromatic nitrogens is 2. The van der Waals surface area contributed by atoms with Crippen LogP contribution in [0.3, 0.4) is 0 Å². The number of ether oxygens (including phenoxy) is 2. The zero-order valence-electron chi connectivity index (χ0n) is 24.2. The van der Waals surface area contributed by atoms with E-state index in [4.69, 9.17) is 18.9 Å². The summed E-state index contributed by atoms with van der Waals surface area (Å²) in [5, 5.41) is 17.2. The zero-order valence-corrected chi connectivity index (χ0v) is 24.2. The van der Waals surface area contributed by atoms with E-state index >= 15 is 0 Å². The van der Waals surface area contributed by atoms with E-state index in [2.05, 4.69) is 37.6 Å². The molecule has 2 aromatic heterocycles. The van der Waals surface area contributed by atoms with Crippen LogP contribution in [0.5, 0.6) is 5.75 Å². The maximum absolute atomic E-state index is 13.2. The Morgan fingerprint density at radius 1 is 1.17 bits per heavy atom. The highest BCUT2D eigenvalue weighted by Crippen LogP contribution is 2.26. The Hall–Kier alpha value is -3.67. The molecule has 42 heavy (non-hydrogen) atoms. The summed E-state index contributed by atoms with van der Waals surface area (Å²) in [5.41, 5.74) is 3.85. The molecule has 11 heteroatoms. The number of aryl methyl sites for hydroxylation is 1. The number of carbonyl (C=O) groups excluding carboxylic acids is 1. The summed E-state index contributed by atoms with van der Waals surface area (Å²) in [6.45, 7) is 7.26. The SMILES string of the molecule is Cc1ncoc1COc1ccc2c(c1)CCN(C[C@@H](O)CNC(=O)c1cc(NC3CCC3)nc(N3CCOCC3)c1)C2. The number of rotatable bonds is 11. The fraction of sp³-hybridized carbons (Fsp3) is 0.516. The first kappa shape index (κ1) is 28.4. The van der Waals surface area contributed by atoms with Crippen LogP contribution in [0.2, 0.25) is 0 Å². The molecule has 0 spiro atoms. The van der Waals surface area contributed by atoms with Gasteiger partial charge in [0.1, 0.15) is 24.0 Å². The van der Waals surface area contributed by atoms with E-state index in [0.717, 1.165) is 74.3 Å². The lowest BCUT2D eigenvalue weighted by Crippen LogP contribution is -2.42. The van der Waals surface area contributed by atoms with Crippen LogP contribution < -0.4 is 20.3 Å². The Morgan fingerprint density at radius 2 is 2.02 bits per heavy atom. The maximum atomic E-state index is 13.2. The van der Waals surface area contributed by atoms with Crippen LogP contribution in [0, 0.1) is 6.92 Å². The summed E-state index contributed by atoms with van der Waals surface area (Å²) in [6.07, 6.45) is 5.07. The molecule has 1 aliphatic carbocycles. The molecule has 3 aromatic rings. The lowest BCUT2D eigenvalue weighted by Gasteiger charge is -2.31. The first-order valence-electron chi connectivity index (χ1n) is 14.9. The molecule has 0 bridgehead atoms. The Morgan fingerprint density at radius 3 is 2.79 bits per heavy atom. The number of carbonyl (C=O) groups is 1. The fourth-order valence-corrected chi connectivity index (χ4v) is 5.56. The summed E-state index contributed by atoms with van der Waals surface area (Å²) in [6, 6.07) is 10.2. The summed E-state index contributed by atoms with van der Waals surface area (Å²) in [4.78, 5) is 26.5. The van der Waals surface area contributed by atoms with Crippen molar-refractivity contribution in [3.8, 4) is 5.75 Å². The highest BCUT2D eigenvalue weighted by Gasteiger charge is 2.23. The molecule has 3 N–H and O–H groups in total. The number of hydrogen-bond donors (Lipinski definition) is 3. The number of aliphatic hydroxyl groups is 1. The number of amides is 1. The third kappa shape index (κ3) is 7.03. The molecule has 1 atom stereocenters. The van der Waals surface area contributed by atoms with Gasteiger partial charge in [0.2, 0.25) is 0 Å². The van der Waals surface area contributed by atoms with Gasteiger partial charge in [0.25, 0.3) is 5.91 Å². The predicted octanol–water partition coefficient (Wildman–Crippen LogP) is 2.91. The van der Waals surface area contributed by atoms with Crippen molar-refractivity contribution >= 4 is 17.5 Å². The van der Waals surface area contributed by atoms with Crippen molar-refractivity contribution in [2.45, 2.75) is 57.9 Å². The number of anilines is 2. The molecule has 1 amide bonds. The number of morpholine rings is 1. The molecule has 0 radical (unpaired) electrons. The molecular weight excluding hydrogens is 536 g/mol. The second-order valence-electron chi connectivity index (χ2n) is 11.4. The van der Waals surface area contributed by atoms with Gasteiger partial charge in [0, 0.05) is 50.9 Å². The average Bonchev–Trinajstić information content (AvgIpc) is 3.41. The third-order valence-corrected chi connectivity index (χ3v) is 8.32. The summed E-state index contributed by atoms with van der Waals surface area (Å²) >= 11 is 0. The van der Waals surface area contributed by atoms with Crippen molar-refractivity contribution in [2.24, 2.45) is 0 Å². The molecule has 2 aliphatic heterocycles. The normalized spacial score (nSPS) is 18.2. The van der Waals surface area contributed by atoms with Gasteiger partial charge >= 0.3 is 0 Å². The topological polar surface area (TPSA) is 125 Å². The molecule has 3 aliphatic rings. The highest BCUT2D eigenvalue weighted by molar-refractivity contribution is 5.95. The van der Waals surface area contributed by atoms with Gasteiger partial charge in [-0.2, -0.15) is 0 Å². The molecule has 11 nitrogen and oxygen atoms in total. The van der Waals surface area contributed by atoms with Crippen molar-refractivity contribution in [3.63, 3.8) is 0 Å². The number of β-amino-alcohol motifs (C(OH)–C–C–N with tert-alkyl or cyclic N) is 1. The molecule has 1 saturated carbocycles. The van der Waals surface area contributed by atoms with Gasteiger partial charge in [-0.25, -0.2) is 9.97 Å². The zero-order chi connectivity index (χ0) is 28.9. The molecule has 1 aromatic carbocycles. The summed E-state index contributed by atoms with van der Waals surface area (Å²) in [5.74, 6) is 2.83. The molecule has 4 heterocycles. The molecular formula is C31H40N6O5. The van der Waals surface area contributed by atoms with E-state index in [9.17, 15) is 9.90 Å². The van der Waals surface area contributed by atoms with Gasteiger partial charge in [-0.15, -0.1) is 0 Å². The van der Waals surface area contributed by atoms with Crippen molar-refractivity contribution in [1.82, 2.24) is 20.2 Å². The largest absolute Gasteiger partial charge is 0.486 e. The van der Waals surface area contributed by atoms with Crippen LogP contribution >= 0.6 is 0 Å². The van der Waals surface area contributed by atoms with E-state index in [1.54, 1.807) is 0 Å². The van der Waals surface area contributed by atoms with Crippen molar-refractivity contribution in [2.75, 3.05) is 56.2 Å². The lowest BCUT2D eigenvalue weighted by atomic mass is 9.93. The number of hydrogen-bond acceptors (Lipinski definition) is 10. The van der Waals surface area contributed by atoms with Crippen LogP contribution in [0.25, 0.3) is 0 Å². The number of pyridine rings is 1. The molecule has 0 unspecified atom stereocenters. The van der Waals surface area contributed by atoms with Gasteiger partial charge in [-0.3, -0.25) is 9.69 Å². The van der Waals surface area contributed by atoms with Crippen molar-refractivity contribution < 1.29 is 23.8 Å². The van der Waals surface area contributed by atoms with Crippen LogP contribution in [0.4, 0.5) is 11.6 Å². The summed E-state index contributed by atoms with van der Waals surface area (Å²) < 4.78 is 16.8. The van der Waals surface area contributed by atoms with Gasteiger partial charge in [-0.1, -0.05) is 6.07 Å².